The summed E-state index contributed by atoms with van der Waals surface area (Å²) in [6.07, 6.45) is 2.47. The van der Waals surface area contributed by atoms with E-state index in [9.17, 15) is 0 Å². The number of benzene rings is 1. The predicted octanol–water partition coefficient (Wildman–Crippen LogP) is 3.63. The molecule has 0 atom stereocenters. The Kier molecular flexibility index (Phi) is 1.91. The lowest BCUT2D eigenvalue weighted by Crippen LogP contribution is -1.93. The molecule has 0 aliphatic heterocycles. The minimum absolute atomic E-state index is 0.743. The Bertz CT molecular complexity index is 403. The molecule has 1 aromatic carbocycles. The second kappa shape index (κ2) is 3.25. The molecule has 0 N–H and O–H groups in total. The molecule has 0 saturated carbocycles. The molecule has 0 fully saturated rings. The molecular formula is C13H12S. The highest BCUT2D eigenvalue weighted by Crippen LogP contribution is 2.35. The van der Waals surface area contributed by atoms with Crippen molar-refractivity contribution in [2.45, 2.75) is 18.8 Å². The van der Waals surface area contributed by atoms with Gasteiger partial charge in [-0.15, -0.1) is 11.3 Å². The molecule has 2 aromatic rings. The van der Waals surface area contributed by atoms with Gasteiger partial charge in [0.05, 0.1) is 0 Å². The second-order valence-corrected chi connectivity index (χ2v) is 4.87. The van der Waals surface area contributed by atoms with Crippen LogP contribution in [-0.2, 0) is 12.8 Å². The molecule has 1 aliphatic carbocycles. The minimum Gasteiger partial charge on any atom is -0.149 e. The first-order valence-corrected chi connectivity index (χ1v) is 5.91. The van der Waals surface area contributed by atoms with Crippen molar-refractivity contribution in [2.24, 2.45) is 0 Å². The van der Waals surface area contributed by atoms with E-state index in [4.69, 9.17) is 0 Å². The first-order valence-electron chi connectivity index (χ1n) is 5.03. The molecule has 1 aromatic heterocycles. The molecule has 0 saturated heterocycles. The van der Waals surface area contributed by atoms with Crippen LogP contribution in [0.25, 0.3) is 0 Å². The summed E-state index contributed by atoms with van der Waals surface area (Å²) in [5.74, 6) is 0.743. The van der Waals surface area contributed by atoms with Gasteiger partial charge in [0.2, 0.25) is 0 Å². The summed E-state index contributed by atoms with van der Waals surface area (Å²) < 4.78 is 0. The van der Waals surface area contributed by atoms with Gasteiger partial charge in [-0.3, -0.25) is 0 Å². The van der Waals surface area contributed by atoms with Crippen molar-refractivity contribution in [3.8, 4) is 0 Å². The fraction of sp³-hybridized carbons (Fsp3) is 0.231. The number of fused-ring (bicyclic) bond motifs is 1. The normalized spacial score (nSPS) is 15.7. The van der Waals surface area contributed by atoms with E-state index in [-0.39, 0.29) is 0 Å². The zero-order valence-electron chi connectivity index (χ0n) is 7.94. The van der Waals surface area contributed by atoms with E-state index in [1.54, 1.807) is 16.0 Å². The summed E-state index contributed by atoms with van der Waals surface area (Å²) in [5.41, 5.74) is 3.09. The lowest BCUT2D eigenvalue weighted by atomic mass is 10.1. The molecule has 0 amide bonds. The van der Waals surface area contributed by atoms with Gasteiger partial charge in [0.15, 0.2) is 0 Å². The predicted molar refractivity (Wildman–Crippen MR) is 60.9 cm³/mol. The summed E-state index contributed by atoms with van der Waals surface area (Å²) in [5, 5.41) is 2.18. The van der Waals surface area contributed by atoms with Gasteiger partial charge in [-0.1, -0.05) is 30.3 Å². The average Bonchev–Trinajstić information content (AvgIpc) is 2.86. The van der Waals surface area contributed by atoms with Gasteiger partial charge in [0, 0.05) is 10.8 Å². The van der Waals surface area contributed by atoms with Crippen molar-refractivity contribution >= 4 is 11.3 Å². The first-order chi connectivity index (χ1) is 6.93. The molecule has 0 nitrogen and oxygen atoms in total. The highest BCUT2D eigenvalue weighted by atomic mass is 32.1. The number of hydrogen-bond donors (Lipinski definition) is 0. The summed E-state index contributed by atoms with van der Waals surface area (Å²) in [7, 11) is 0. The Hall–Kier alpha value is -1.08. The molecule has 0 bridgehead atoms. The third-order valence-corrected chi connectivity index (χ3v) is 4.03. The molecule has 3 rings (SSSR count). The molecule has 1 heterocycles. The molecule has 1 heteroatoms. The SMILES string of the molecule is c1csc(C2Cc3ccccc3C2)c1. The van der Waals surface area contributed by atoms with Crippen molar-refractivity contribution in [2.75, 3.05) is 0 Å². The quantitative estimate of drug-likeness (QED) is 0.659. The van der Waals surface area contributed by atoms with Crippen molar-refractivity contribution in [3.05, 3.63) is 57.8 Å². The Morgan fingerprint density at radius 2 is 1.64 bits per heavy atom. The lowest BCUT2D eigenvalue weighted by Gasteiger charge is -2.04. The van der Waals surface area contributed by atoms with Crippen LogP contribution >= 0.6 is 11.3 Å². The van der Waals surface area contributed by atoms with Crippen LogP contribution in [0.15, 0.2) is 41.8 Å². The number of hydrogen-bond acceptors (Lipinski definition) is 1. The van der Waals surface area contributed by atoms with Crippen LogP contribution in [-0.4, -0.2) is 0 Å². The molecule has 14 heavy (non-hydrogen) atoms. The highest BCUT2D eigenvalue weighted by molar-refractivity contribution is 7.10. The van der Waals surface area contributed by atoms with Gasteiger partial charge in [-0.25, -0.2) is 0 Å². The Morgan fingerprint density at radius 1 is 0.929 bits per heavy atom. The van der Waals surface area contributed by atoms with E-state index in [1.165, 1.54) is 12.8 Å². The van der Waals surface area contributed by atoms with Gasteiger partial charge in [0.1, 0.15) is 0 Å². The highest BCUT2D eigenvalue weighted by Gasteiger charge is 2.22. The van der Waals surface area contributed by atoms with Gasteiger partial charge in [-0.05, 0) is 35.4 Å². The van der Waals surface area contributed by atoms with E-state index in [2.05, 4.69) is 41.8 Å². The summed E-state index contributed by atoms with van der Waals surface area (Å²) in [6, 6.07) is 13.3. The maximum Gasteiger partial charge on any atom is 0.00828 e. The van der Waals surface area contributed by atoms with Crippen LogP contribution in [0, 0.1) is 0 Å². The zero-order valence-corrected chi connectivity index (χ0v) is 8.76. The largest absolute Gasteiger partial charge is 0.149 e. The average molecular weight is 200 g/mol. The van der Waals surface area contributed by atoms with Crippen LogP contribution in [0.3, 0.4) is 0 Å². The summed E-state index contributed by atoms with van der Waals surface area (Å²) >= 11 is 1.89. The molecule has 0 spiro atoms. The van der Waals surface area contributed by atoms with E-state index < -0.39 is 0 Å². The zero-order chi connectivity index (χ0) is 9.38. The number of thiophene rings is 1. The van der Waals surface area contributed by atoms with Crippen LogP contribution < -0.4 is 0 Å². The summed E-state index contributed by atoms with van der Waals surface area (Å²) in [4.78, 5) is 1.54. The summed E-state index contributed by atoms with van der Waals surface area (Å²) in [6.45, 7) is 0. The van der Waals surface area contributed by atoms with Gasteiger partial charge in [-0.2, -0.15) is 0 Å². The topological polar surface area (TPSA) is 0 Å². The second-order valence-electron chi connectivity index (χ2n) is 3.89. The van der Waals surface area contributed by atoms with E-state index >= 15 is 0 Å². The first kappa shape index (κ1) is 8.25. The van der Waals surface area contributed by atoms with E-state index in [0.717, 1.165) is 5.92 Å². The van der Waals surface area contributed by atoms with Gasteiger partial charge >= 0.3 is 0 Å². The Morgan fingerprint density at radius 3 is 2.21 bits per heavy atom. The maximum atomic E-state index is 2.27. The Balaban J connectivity index is 1.92. The molecule has 0 unspecified atom stereocenters. The van der Waals surface area contributed by atoms with Crippen molar-refractivity contribution in [3.63, 3.8) is 0 Å². The molecular weight excluding hydrogens is 188 g/mol. The van der Waals surface area contributed by atoms with Crippen LogP contribution in [0.4, 0.5) is 0 Å². The van der Waals surface area contributed by atoms with Crippen molar-refractivity contribution in [1.29, 1.82) is 0 Å². The number of rotatable bonds is 1. The van der Waals surface area contributed by atoms with Crippen LogP contribution in [0.2, 0.25) is 0 Å². The smallest absolute Gasteiger partial charge is 0.00828 e. The molecule has 1 aliphatic rings. The standard InChI is InChI=1S/C13H12S/c1-2-5-11-9-12(8-10(11)4-1)13-6-3-7-14-13/h1-7,12H,8-9H2. The molecule has 70 valence electrons. The van der Waals surface area contributed by atoms with E-state index in [1.807, 2.05) is 11.3 Å². The van der Waals surface area contributed by atoms with Gasteiger partial charge < -0.3 is 0 Å². The monoisotopic (exact) mass is 200 g/mol. The molecule has 0 radical (unpaired) electrons. The van der Waals surface area contributed by atoms with Crippen molar-refractivity contribution < 1.29 is 0 Å². The van der Waals surface area contributed by atoms with E-state index in [0.29, 0.717) is 0 Å². The fourth-order valence-corrected chi connectivity index (χ4v) is 3.11. The third-order valence-electron chi connectivity index (χ3n) is 3.00. The van der Waals surface area contributed by atoms with Crippen LogP contribution in [0.5, 0.6) is 0 Å². The third kappa shape index (κ3) is 1.28. The fourth-order valence-electron chi connectivity index (χ4n) is 2.28. The maximum absolute atomic E-state index is 2.27. The van der Waals surface area contributed by atoms with Crippen LogP contribution in [0.1, 0.15) is 21.9 Å². The Labute approximate surface area is 88.2 Å². The lowest BCUT2D eigenvalue weighted by molar-refractivity contribution is 0.757. The van der Waals surface area contributed by atoms with Crippen molar-refractivity contribution in [1.82, 2.24) is 0 Å². The minimum atomic E-state index is 0.743. The van der Waals surface area contributed by atoms with Gasteiger partial charge in [0.25, 0.3) is 0 Å².